The second-order valence-electron chi connectivity index (χ2n) is 5.33. The highest BCUT2D eigenvalue weighted by Crippen LogP contribution is 2.51. The van der Waals surface area contributed by atoms with Gasteiger partial charge >= 0.3 is 0 Å². The molecule has 0 radical (unpaired) electrons. The van der Waals surface area contributed by atoms with E-state index in [4.69, 9.17) is 4.74 Å². The Morgan fingerprint density at radius 3 is 1.95 bits per heavy atom. The van der Waals surface area contributed by atoms with Crippen molar-refractivity contribution in [2.75, 3.05) is 6.61 Å². The van der Waals surface area contributed by atoms with Crippen LogP contribution in [0.1, 0.15) is 24.5 Å². The fourth-order valence-corrected chi connectivity index (χ4v) is 2.99. The summed E-state index contributed by atoms with van der Waals surface area (Å²) in [5.41, 5.74) is 0.930. The van der Waals surface area contributed by atoms with Crippen molar-refractivity contribution in [3.05, 3.63) is 71.8 Å². The highest BCUT2D eigenvalue weighted by Gasteiger charge is 2.54. The minimum Gasteiger partial charge on any atom is -0.380 e. The number of hydrogen-bond donors (Lipinski definition) is 1. The lowest BCUT2D eigenvalue weighted by atomic mass is 9.82. The third kappa shape index (κ3) is 2.26. The minimum absolute atomic E-state index is 0.132. The Bertz CT molecular complexity index is 511. The first-order valence-corrected chi connectivity index (χ1v) is 7.21. The van der Waals surface area contributed by atoms with Crippen molar-refractivity contribution in [1.29, 1.82) is 0 Å². The summed E-state index contributed by atoms with van der Waals surface area (Å²) in [4.78, 5) is 0. The van der Waals surface area contributed by atoms with E-state index in [1.54, 1.807) is 0 Å². The van der Waals surface area contributed by atoms with Crippen LogP contribution in [0.2, 0.25) is 0 Å². The van der Waals surface area contributed by atoms with E-state index in [1.165, 1.54) is 0 Å². The maximum atomic E-state index is 11.4. The van der Waals surface area contributed by atoms with Crippen molar-refractivity contribution in [3.8, 4) is 0 Å². The van der Waals surface area contributed by atoms with E-state index < -0.39 is 5.60 Å². The third-order valence-corrected chi connectivity index (χ3v) is 4.08. The SMILES string of the molecule is CCO[C@@H]1C[C@H]1C(O)(c1ccccc1)c1ccccc1. The first kappa shape index (κ1) is 13.3. The molecule has 1 aliphatic rings. The molecule has 0 aliphatic heterocycles. The van der Waals surface area contributed by atoms with Gasteiger partial charge in [-0.2, -0.15) is 0 Å². The second-order valence-corrected chi connectivity index (χ2v) is 5.33. The molecular formula is C18H20O2. The Hall–Kier alpha value is -1.64. The van der Waals surface area contributed by atoms with Gasteiger partial charge in [-0.05, 0) is 24.5 Å². The molecule has 0 spiro atoms. The maximum absolute atomic E-state index is 11.4. The zero-order valence-electron chi connectivity index (χ0n) is 11.7. The molecule has 2 atom stereocenters. The van der Waals surface area contributed by atoms with Gasteiger partial charge in [-0.25, -0.2) is 0 Å². The van der Waals surface area contributed by atoms with E-state index in [0.29, 0.717) is 6.61 Å². The van der Waals surface area contributed by atoms with Crippen LogP contribution in [0, 0.1) is 5.92 Å². The van der Waals surface area contributed by atoms with Gasteiger partial charge < -0.3 is 9.84 Å². The van der Waals surface area contributed by atoms with Crippen molar-refractivity contribution in [2.24, 2.45) is 5.92 Å². The van der Waals surface area contributed by atoms with Crippen LogP contribution in [0.4, 0.5) is 0 Å². The van der Waals surface area contributed by atoms with E-state index >= 15 is 0 Å². The van der Waals surface area contributed by atoms with Crippen LogP contribution in [0.3, 0.4) is 0 Å². The summed E-state index contributed by atoms with van der Waals surface area (Å²) in [6.45, 7) is 2.69. The maximum Gasteiger partial charge on any atom is 0.120 e. The molecule has 1 N–H and O–H groups in total. The summed E-state index contributed by atoms with van der Waals surface area (Å²) in [7, 11) is 0. The molecular weight excluding hydrogens is 248 g/mol. The number of aliphatic hydroxyl groups is 1. The molecule has 1 aliphatic carbocycles. The zero-order chi connectivity index (χ0) is 14.0. The Morgan fingerprint density at radius 2 is 1.50 bits per heavy atom. The predicted molar refractivity (Wildman–Crippen MR) is 79.4 cm³/mol. The van der Waals surface area contributed by atoms with E-state index in [0.717, 1.165) is 17.5 Å². The number of benzene rings is 2. The molecule has 0 aromatic heterocycles. The summed E-state index contributed by atoms with van der Waals surface area (Å²) in [6.07, 6.45) is 1.07. The van der Waals surface area contributed by atoms with Crippen LogP contribution < -0.4 is 0 Å². The average molecular weight is 268 g/mol. The third-order valence-electron chi connectivity index (χ3n) is 4.08. The quantitative estimate of drug-likeness (QED) is 0.901. The highest BCUT2D eigenvalue weighted by atomic mass is 16.5. The van der Waals surface area contributed by atoms with Gasteiger partial charge in [0.05, 0.1) is 6.10 Å². The molecule has 2 heteroatoms. The Labute approximate surface area is 120 Å². The van der Waals surface area contributed by atoms with Gasteiger partial charge in [0.2, 0.25) is 0 Å². The summed E-state index contributed by atoms with van der Waals surface area (Å²) < 4.78 is 5.69. The van der Waals surface area contributed by atoms with Crippen LogP contribution in [0.5, 0.6) is 0 Å². The molecule has 1 saturated carbocycles. The van der Waals surface area contributed by atoms with E-state index in [9.17, 15) is 5.11 Å². The zero-order valence-corrected chi connectivity index (χ0v) is 11.7. The van der Waals surface area contributed by atoms with Crippen molar-refractivity contribution >= 4 is 0 Å². The smallest absolute Gasteiger partial charge is 0.120 e. The van der Waals surface area contributed by atoms with Gasteiger partial charge in [0.1, 0.15) is 5.60 Å². The molecule has 0 bridgehead atoms. The normalized spacial score (nSPS) is 21.7. The first-order chi connectivity index (χ1) is 9.76. The molecule has 2 nitrogen and oxygen atoms in total. The van der Waals surface area contributed by atoms with Gasteiger partial charge in [-0.15, -0.1) is 0 Å². The number of rotatable bonds is 5. The fraction of sp³-hybridized carbons (Fsp3) is 0.333. The molecule has 0 heterocycles. The predicted octanol–water partition coefficient (Wildman–Crippen LogP) is 3.35. The average Bonchev–Trinajstić information content (AvgIpc) is 3.28. The Kier molecular flexibility index (Phi) is 3.60. The number of ether oxygens (including phenoxy) is 1. The highest BCUT2D eigenvalue weighted by molar-refractivity contribution is 5.39. The first-order valence-electron chi connectivity index (χ1n) is 7.21. The standard InChI is InChI=1S/C18H20O2/c1-2-20-17-13-16(17)18(19,14-9-5-3-6-10-14)15-11-7-4-8-12-15/h3-12,16-17,19H,2,13H2,1H3/t16-,17-/m1/s1. The number of hydrogen-bond acceptors (Lipinski definition) is 2. The van der Waals surface area contributed by atoms with Crippen molar-refractivity contribution in [2.45, 2.75) is 25.0 Å². The van der Waals surface area contributed by atoms with Crippen LogP contribution in [0.25, 0.3) is 0 Å². The summed E-state index contributed by atoms with van der Waals surface area (Å²) in [6, 6.07) is 19.8. The monoisotopic (exact) mass is 268 g/mol. The fourth-order valence-electron chi connectivity index (χ4n) is 2.99. The molecule has 1 fully saturated rings. The Balaban J connectivity index is 2.01. The molecule has 3 rings (SSSR count). The molecule has 0 amide bonds. The largest absolute Gasteiger partial charge is 0.380 e. The van der Waals surface area contributed by atoms with Gasteiger partial charge in [-0.1, -0.05) is 60.7 Å². The van der Waals surface area contributed by atoms with Crippen molar-refractivity contribution < 1.29 is 9.84 Å². The lowest BCUT2D eigenvalue weighted by molar-refractivity contribution is 0.0217. The van der Waals surface area contributed by atoms with E-state index in [1.807, 2.05) is 67.6 Å². The van der Waals surface area contributed by atoms with Gasteiger partial charge in [0, 0.05) is 12.5 Å². The van der Waals surface area contributed by atoms with Crippen LogP contribution in [0.15, 0.2) is 60.7 Å². The molecule has 0 unspecified atom stereocenters. The Morgan fingerprint density at radius 1 is 1.00 bits per heavy atom. The van der Waals surface area contributed by atoms with E-state index in [-0.39, 0.29) is 12.0 Å². The molecule has 0 saturated heterocycles. The van der Waals surface area contributed by atoms with Gasteiger partial charge in [-0.3, -0.25) is 0 Å². The van der Waals surface area contributed by atoms with Crippen LogP contribution >= 0.6 is 0 Å². The lowest BCUT2D eigenvalue weighted by Crippen LogP contribution is -2.31. The second kappa shape index (κ2) is 5.39. The molecule has 104 valence electrons. The summed E-state index contributed by atoms with van der Waals surface area (Å²) in [5.74, 6) is 0.132. The van der Waals surface area contributed by atoms with Gasteiger partial charge in [0.15, 0.2) is 0 Å². The van der Waals surface area contributed by atoms with Crippen molar-refractivity contribution in [3.63, 3.8) is 0 Å². The van der Waals surface area contributed by atoms with Crippen molar-refractivity contribution in [1.82, 2.24) is 0 Å². The molecule has 2 aromatic rings. The van der Waals surface area contributed by atoms with Crippen LogP contribution in [-0.4, -0.2) is 17.8 Å². The van der Waals surface area contributed by atoms with Crippen LogP contribution in [-0.2, 0) is 10.3 Å². The summed E-state index contributed by atoms with van der Waals surface area (Å²) in [5, 5.41) is 11.4. The van der Waals surface area contributed by atoms with Gasteiger partial charge in [0.25, 0.3) is 0 Å². The molecule has 2 aromatic carbocycles. The molecule has 20 heavy (non-hydrogen) atoms. The minimum atomic E-state index is -0.956. The lowest BCUT2D eigenvalue weighted by Gasteiger charge is -2.30. The topological polar surface area (TPSA) is 29.5 Å². The van der Waals surface area contributed by atoms with E-state index in [2.05, 4.69) is 0 Å². The summed E-state index contributed by atoms with van der Waals surface area (Å²) >= 11 is 0.